The van der Waals surface area contributed by atoms with E-state index in [-0.39, 0.29) is 0 Å². The standard InChI is InChI=1S/C5H6F3NO/c1-4(2-9)10-3-5(6,7)8/h4H,3H2,1H3/t4-/m0/s1. The zero-order valence-electron chi connectivity index (χ0n) is 5.27. The lowest BCUT2D eigenvalue weighted by atomic mass is 10.5. The molecule has 0 N–H and O–H groups in total. The lowest BCUT2D eigenvalue weighted by Gasteiger charge is -2.07. The zero-order valence-corrected chi connectivity index (χ0v) is 5.27. The Bertz CT molecular complexity index is 137. The fourth-order valence-electron chi connectivity index (χ4n) is 0.257. The van der Waals surface area contributed by atoms with Gasteiger partial charge in [0.05, 0.1) is 6.07 Å². The molecule has 0 rings (SSSR count). The average Bonchev–Trinajstić information content (AvgIpc) is 1.81. The minimum atomic E-state index is -4.34. The van der Waals surface area contributed by atoms with Gasteiger partial charge in [0.15, 0.2) is 0 Å². The van der Waals surface area contributed by atoms with Crippen LogP contribution in [-0.2, 0) is 4.74 Å². The van der Waals surface area contributed by atoms with Crippen molar-refractivity contribution in [2.75, 3.05) is 6.61 Å². The lowest BCUT2D eigenvalue weighted by molar-refractivity contribution is -0.178. The zero-order chi connectivity index (χ0) is 8.20. The molecule has 0 saturated carbocycles. The monoisotopic (exact) mass is 153 g/mol. The van der Waals surface area contributed by atoms with Crippen LogP contribution in [0, 0.1) is 11.3 Å². The topological polar surface area (TPSA) is 33.0 Å². The van der Waals surface area contributed by atoms with E-state index >= 15 is 0 Å². The lowest BCUT2D eigenvalue weighted by Crippen LogP contribution is -2.20. The van der Waals surface area contributed by atoms with Gasteiger partial charge < -0.3 is 4.74 Å². The number of rotatable bonds is 2. The van der Waals surface area contributed by atoms with Crippen molar-refractivity contribution in [2.24, 2.45) is 0 Å². The first-order valence-electron chi connectivity index (χ1n) is 2.53. The number of nitrogens with zero attached hydrogens (tertiary/aromatic N) is 1. The molecule has 0 spiro atoms. The fraction of sp³-hybridized carbons (Fsp3) is 0.800. The second-order valence-electron chi connectivity index (χ2n) is 1.70. The molecule has 0 aliphatic carbocycles. The molecule has 0 heterocycles. The quantitative estimate of drug-likeness (QED) is 0.601. The second kappa shape index (κ2) is 3.42. The average molecular weight is 153 g/mol. The van der Waals surface area contributed by atoms with Crippen molar-refractivity contribution in [1.29, 1.82) is 5.26 Å². The van der Waals surface area contributed by atoms with E-state index in [2.05, 4.69) is 4.74 Å². The number of hydrogen-bond donors (Lipinski definition) is 0. The summed E-state index contributed by atoms with van der Waals surface area (Å²) in [6.07, 6.45) is -5.34. The van der Waals surface area contributed by atoms with Gasteiger partial charge in [-0.15, -0.1) is 0 Å². The summed E-state index contributed by atoms with van der Waals surface area (Å²) in [5, 5.41) is 7.99. The van der Waals surface area contributed by atoms with Crippen LogP contribution in [0.15, 0.2) is 0 Å². The maximum atomic E-state index is 11.3. The molecule has 0 amide bonds. The Kier molecular flexibility index (Phi) is 3.16. The highest BCUT2D eigenvalue weighted by molar-refractivity contribution is 4.79. The Morgan fingerprint density at radius 2 is 2.10 bits per heavy atom. The second-order valence-corrected chi connectivity index (χ2v) is 1.70. The van der Waals surface area contributed by atoms with Crippen LogP contribution in [0.25, 0.3) is 0 Å². The largest absolute Gasteiger partial charge is 0.411 e. The first kappa shape index (κ1) is 9.24. The molecule has 0 aromatic rings. The fourth-order valence-corrected chi connectivity index (χ4v) is 0.257. The first-order chi connectivity index (χ1) is 4.45. The molecule has 10 heavy (non-hydrogen) atoms. The molecule has 0 aliphatic rings. The number of hydrogen-bond acceptors (Lipinski definition) is 2. The van der Waals surface area contributed by atoms with E-state index in [1.165, 1.54) is 13.0 Å². The van der Waals surface area contributed by atoms with Gasteiger partial charge in [-0.3, -0.25) is 0 Å². The summed E-state index contributed by atoms with van der Waals surface area (Å²) in [6.45, 7) is -0.104. The van der Waals surface area contributed by atoms with Crippen molar-refractivity contribution in [3.05, 3.63) is 0 Å². The molecule has 0 aromatic carbocycles. The van der Waals surface area contributed by atoms with Crippen LogP contribution in [-0.4, -0.2) is 18.9 Å². The van der Waals surface area contributed by atoms with Crippen molar-refractivity contribution in [3.8, 4) is 6.07 Å². The van der Waals surface area contributed by atoms with Gasteiger partial charge in [-0.05, 0) is 6.92 Å². The summed E-state index contributed by atoms with van der Waals surface area (Å²) in [7, 11) is 0. The molecule has 1 atom stereocenters. The summed E-state index contributed by atoms with van der Waals surface area (Å²) < 4.78 is 38.0. The van der Waals surface area contributed by atoms with Gasteiger partial charge in [0, 0.05) is 0 Å². The Morgan fingerprint density at radius 3 is 2.40 bits per heavy atom. The van der Waals surface area contributed by atoms with Gasteiger partial charge in [-0.2, -0.15) is 18.4 Å². The SMILES string of the molecule is C[C@@H](C#N)OCC(F)(F)F. The van der Waals surface area contributed by atoms with Crippen molar-refractivity contribution in [1.82, 2.24) is 0 Å². The predicted molar refractivity (Wildman–Crippen MR) is 27.1 cm³/mol. The molecule has 58 valence electrons. The number of halogens is 3. The molecule has 0 bridgehead atoms. The van der Waals surface area contributed by atoms with Crippen molar-refractivity contribution < 1.29 is 17.9 Å². The van der Waals surface area contributed by atoms with E-state index in [1.54, 1.807) is 0 Å². The van der Waals surface area contributed by atoms with Gasteiger partial charge >= 0.3 is 6.18 Å². The van der Waals surface area contributed by atoms with Crippen LogP contribution in [0.1, 0.15) is 6.92 Å². The van der Waals surface area contributed by atoms with E-state index in [0.29, 0.717) is 0 Å². The Balaban J connectivity index is 3.48. The number of ether oxygens (including phenoxy) is 1. The highest BCUT2D eigenvalue weighted by Gasteiger charge is 2.28. The molecule has 2 nitrogen and oxygen atoms in total. The van der Waals surface area contributed by atoms with Crippen molar-refractivity contribution in [3.63, 3.8) is 0 Å². The third-order valence-corrected chi connectivity index (χ3v) is 0.679. The van der Waals surface area contributed by atoms with Crippen LogP contribution < -0.4 is 0 Å². The van der Waals surface area contributed by atoms with E-state index in [1.807, 2.05) is 0 Å². The van der Waals surface area contributed by atoms with Gasteiger partial charge in [0.2, 0.25) is 0 Å². The van der Waals surface area contributed by atoms with E-state index in [0.717, 1.165) is 0 Å². The van der Waals surface area contributed by atoms with Crippen molar-refractivity contribution in [2.45, 2.75) is 19.2 Å². The Morgan fingerprint density at radius 1 is 1.60 bits per heavy atom. The maximum Gasteiger partial charge on any atom is 0.411 e. The summed E-state index contributed by atoms with van der Waals surface area (Å²) >= 11 is 0. The summed E-state index contributed by atoms with van der Waals surface area (Å²) in [4.78, 5) is 0. The van der Waals surface area contributed by atoms with Crippen LogP contribution in [0.2, 0.25) is 0 Å². The highest BCUT2D eigenvalue weighted by Crippen LogP contribution is 2.14. The van der Waals surface area contributed by atoms with Gasteiger partial charge in [-0.25, -0.2) is 0 Å². The molecule has 0 unspecified atom stereocenters. The minimum absolute atomic E-state index is 0.998. The molecular formula is C5H6F3NO. The Hall–Kier alpha value is -0.760. The van der Waals surface area contributed by atoms with Gasteiger partial charge in [0.25, 0.3) is 0 Å². The van der Waals surface area contributed by atoms with Crippen LogP contribution in [0.4, 0.5) is 13.2 Å². The van der Waals surface area contributed by atoms with Crippen LogP contribution >= 0.6 is 0 Å². The van der Waals surface area contributed by atoms with Crippen LogP contribution in [0.5, 0.6) is 0 Å². The summed E-state index contributed by atoms with van der Waals surface area (Å²) in [5.74, 6) is 0. The third kappa shape index (κ3) is 5.38. The molecule has 0 fully saturated rings. The molecule has 0 saturated heterocycles. The van der Waals surface area contributed by atoms with E-state index in [4.69, 9.17) is 5.26 Å². The summed E-state index contributed by atoms with van der Waals surface area (Å²) in [5.41, 5.74) is 0. The Labute approximate surface area is 56.2 Å². The normalized spacial score (nSPS) is 14.3. The highest BCUT2D eigenvalue weighted by atomic mass is 19.4. The summed E-state index contributed by atoms with van der Waals surface area (Å²) in [6, 6.07) is 1.52. The molecule has 0 aromatic heterocycles. The maximum absolute atomic E-state index is 11.3. The van der Waals surface area contributed by atoms with Crippen molar-refractivity contribution >= 4 is 0 Å². The van der Waals surface area contributed by atoms with E-state index in [9.17, 15) is 13.2 Å². The van der Waals surface area contributed by atoms with Crippen LogP contribution in [0.3, 0.4) is 0 Å². The first-order valence-corrected chi connectivity index (χ1v) is 2.53. The molecule has 0 aliphatic heterocycles. The van der Waals surface area contributed by atoms with Gasteiger partial charge in [0.1, 0.15) is 12.7 Å². The minimum Gasteiger partial charge on any atom is -0.354 e. The molecule has 5 heteroatoms. The predicted octanol–water partition coefficient (Wildman–Crippen LogP) is 1.48. The smallest absolute Gasteiger partial charge is 0.354 e. The van der Waals surface area contributed by atoms with Gasteiger partial charge in [-0.1, -0.05) is 0 Å². The number of nitriles is 1. The number of alkyl halides is 3. The molecule has 0 radical (unpaired) electrons. The van der Waals surface area contributed by atoms with E-state index < -0.39 is 18.9 Å². The molecular weight excluding hydrogens is 147 g/mol. The third-order valence-electron chi connectivity index (χ3n) is 0.679.